The summed E-state index contributed by atoms with van der Waals surface area (Å²) in [5.74, 6) is 4.14. The summed E-state index contributed by atoms with van der Waals surface area (Å²) in [5, 5.41) is 23.8. The Bertz CT molecular complexity index is 1770. The molecule has 0 aromatic heterocycles. The third kappa shape index (κ3) is 9.92. The van der Waals surface area contributed by atoms with Crippen LogP contribution in [0.3, 0.4) is 0 Å². The number of benzene rings is 2. The number of halogens is 1. The lowest BCUT2D eigenvalue weighted by molar-refractivity contribution is -0.121. The molecular weight excluding hydrogens is 714 g/mol. The number of hydrogen-bond acceptors (Lipinski definition) is 9. The van der Waals surface area contributed by atoms with Gasteiger partial charge >= 0.3 is 6.03 Å². The van der Waals surface area contributed by atoms with E-state index in [9.17, 15) is 18.8 Å². The molecule has 51 heavy (non-hydrogen) atoms. The van der Waals surface area contributed by atoms with Crippen LogP contribution in [0.15, 0.2) is 42.5 Å². The fourth-order valence-electron chi connectivity index (χ4n) is 6.31. The number of urea groups is 1. The molecule has 4 aliphatic rings. The minimum atomic E-state index is -0.314. The topological polar surface area (TPSA) is 161 Å². The highest BCUT2D eigenvalue weighted by molar-refractivity contribution is 8.76. The van der Waals surface area contributed by atoms with Crippen LogP contribution in [0.5, 0.6) is 11.5 Å². The molecule has 16 heteroatoms. The van der Waals surface area contributed by atoms with E-state index in [1.54, 1.807) is 40.8 Å². The zero-order valence-electron chi connectivity index (χ0n) is 28.4. The van der Waals surface area contributed by atoms with Crippen LogP contribution < -0.4 is 36.1 Å². The number of methoxy groups -OCH3 is 1. The first kappa shape index (κ1) is 36.9. The predicted octanol–water partition coefficient (Wildman–Crippen LogP) is 5.99. The van der Waals surface area contributed by atoms with Crippen molar-refractivity contribution >= 4 is 73.5 Å². The molecule has 2 fully saturated rings. The Balaban J connectivity index is 0.803. The van der Waals surface area contributed by atoms with Crippen LogP contribution in [0.2, 0.25) is 0 Å². The van der Waals surface area contributed by atoms with Crippen molar-refractivity contribution < 1.29 is 28.2 Å². The first-order valence-electron chi connectivity index (χ1n) is 17.2. The zero-order chi connectivity index (χ0) is 35.6. The Labute approximate surface area is 308 Å². The summed E-state index contributed by atoms with van der Waals surface area (Å²) in [4.78, 5) is 36.0. The average Bonchev–Trinajstić information content (AvgIpc) is 3.87. The Morgan fingerprint density at radius 3 is 2.67 bits per heavy atom. The molecule has 12 nitrogen and oxygen atoms in total. The lowest BCUT2D eigenvalue weighted by atomic mass is 10.0. The molecule has 0 saturated carbocycles. The number of carbonyl (C=O) groups is 3. The van der Waals surface area contributed by atoms with Crippen LogP contribution in [0, 0.1) is 5.82 Å². The van der Waals surface area contributed by atoms with Gasteiger partial charge < -0.3 is 36.1 Å². The van der Waals surface area contributed by atoms with Gasteiger partial charge in [-0.2, -0.15) is 11.8 Å². The van der Waals surface area contributed by atoms with Crippen molar-refractivity contribution in [2.45, 2.75) is 55.9 Å². The standard InChI is InChI=1S/C35H44FN7O5S3/c1-47-27-19-24-21(16-25-32(24)42-43-34(25)39-23-7-4-6-22(36)18-23)17-28(27)48-13-5-11-37-31(45)10-14-50-51-15-12-38-30(44)9-3-2-8-29-33-26(20-49-29)40-35(46)41-33/h4,6-7,16-19,26,29,33,39,42-43H,2-3,5,8-15,20H2,1H3,(H,37,45)(H,38,44)(H2,40,41,46). The van der Waals surface area contributed by atoms with E-state index in [0.29, 0.717) is 67.1 Å². The Morgan fingerprint density at radius 1 is 0.961 bits per heavy atom. The number of anilines is 2. The van der Waals surface area contributed by atoms with Crippen LogP contribution in [-0.4, -0.2) is 89.4 Å². The molecule has 2 aromatic carbocycles. The summed E-state index contributed by atoms with van der Waals surface area (Å²) in [7, 11) is 4.89. The molecule has 3 unspecified atom stereocenters. The number of ether oxygens (including phenoxy) is 2. The molecule has 2 saturated heterocycles. The van der Waals surface area contributed by atoms with Crippen LogP contribution in [0.1, 0.15) is 38.5 Å². The summed E-state index contributed by atoms with van der Waals surface area (Å²) >= 11 is 1.90. The lowest BCUT2D eigenvalue weighted by Crippen LogP contribution is -2.36. The van der Waals surface area contributed by atoms with Gasteiger partial charge in [0, 0.05) is 65.1 Å². The van der Waals surface area contributed by atoms with Crippen molar-refractivity contribution in [2.24, 2.45) is 0 Å². The average molecular weight is 758 g/mol. The molecule has 4 amide bonds. The molecule has 0 bridgehead atoms. The molecule has 3 atom stereocenters. The quantitative estimate of drug-likeness (QED) is 0.0326. The number of H-pyrrole nitrogens is 2. The number of aromatic nitrogens is 2. The van der Waals surface area contributed by atoms with Crippen molar-refractivity contribution in [2.75, 3.05) is 49.4 Å². The predicted molar refractivity (Wildman–Crippen MR) is 205 cm³/mol. The van der Waals surface area contributed by atoms with Crippen molar-refractivity contribution in [3.05, 3.63) is 48.3 Å². The van der Waals surface area contributed by atoms with Gasteiger partial charge in [-0.3, -0.25) is 19.8 Å². The third-order valence-corrected chi connectivity index (χ3v) is 12.8. The van der Waals surface area contributed by atoms with E-state index in [1.807, 2.05) is 30.0 Å². The van der Waals surface area contributed by atoms with Gasteiger partial charge in [0.1, 0.15) is 11.6 Å². The maximum atomic E-state index is 13.7. The van der Waals surface area contributed by atoms with Crippen molar-refractivity contribution in [1.82, 2.24) is 31.5 Å². The highest BCUT2D eigenvalue weighted by Gasteiger charge is 2.42. The molecule has 0 spiro atoms. The smallest absolute Gasteiger partial charge is 0.315 e. The third-order valence-electron chi connectivity index (χ3n) is 8.83. The van der Waals surface area contributed by atoms with Crippen LogP contribution in [0.25, 0.3) is 22.0 Å². The first-order chi connectivity index (χ1) is 24.9. The zero-order valence-corrected chi connectivity index (χ0v) is 30.9. The van der Waals surface area contributed by atoms with Crippen molar-refractivity contribution in [3.63, 3.8) is 0 Å². The highest BCUT2D eigenvalue weighted by atomic mass is 33.1. The number of carbonyl (C=O) groups excluding carboxylic acids is 3. The number of thioether (sulfide) groups is 1. The number of unbranched alkanes of at least 4 members (excludes halogenated alkanes) is 1. The second-order valence-electron chi connectivity index (χ2n) is 12.4. The molecule has 3 aliphatic heterocycles. The summed E-state index contributed by atoms with van der Waals surface area (Å²) in [6.45, 7) is 1.52. The molecule has 2 aromatic rings. The van der Waals surface area contributed by atoms with Gasteiger partial charge in [0.15, 0.2) is 11.5 Å². The van der Waals surface area contributed by atoms with E-state index in [1.165, 1.54) is 12.1 Å². The van der Waals surface area contributed by atoms with E-state index >= 15 is 0 Å². The largest absolute Gasteiger partial charge is 0.493 e. The number of rotatable bonds is 20. The number of fused-ring (bicyclic) bond motifs is 4. The van der Waals surface area contributed by atoms with Gasteiger partial charge in [0.25, 0.3) is 0 Å². The molecule has 6 rings (SSSR count). The van der Waals surface area contributed by atoms with Gasteiger partial charge in [0.2, 0.25) is 11.8 Å². The second kappa shape index (κ2) is 18.0. The fraction of sp³-hybridized carbons (Fsp3) is 0.457. The normalized spacial score (nSPS) is 18.0. The summed E-state index contributed by atoms with van der Waals surface area (Å²) < 4.78 is 25.3. The van der Waals surface area contributed by atoms with Crippen molar-refractivity contribution in [3.8, 4) is 22.8 Å². The number of aromatic amines is 2. The highest BCUT2D eigenvalue weighted by Crippen LogP contribution is 2.43. The maximum absolute atomic E-state index is 13.7. The van der Waals surface area contributed by atoms with Gasteiger partial charge in [-0.1, -0.05) is 34.1 Å². The molecular formula is C35H44FN7O5S3. The van der Waals surface area contributed by atoms with Crippen LogP contribution in [-0.2, 0) is 9.59 Å². The first-order valence-corrected chi connectivity index (χ1v) is 20.7. The second-order valence-corrected chi connectivity index (χ2v) is 16.4. The van der Waals surface area contributed by atoms with Crippen molar-refractivity contribution in [1.29, 1.82) is 0 Å². The van der Waals surface area contributed by atoms with E-state index in [4.69, 9.17) is 9.47 Å². The fourth-order valence-corrected chi connectivity index (χ4v) is 9.75. The van der Waals surface area contributed by atoms with Crippen LogP contribution >= 0.6 is 33.3 Å². The number of amides is 4. The molecule has 1 aliphatic carbocycles. The maximum Gasteiger partial charge on any atom is 0.315 e. The van der Waals surface area contributed by atoms with Gasteiger partial charge in [-0.15, -0.1) is 0 Å². The SMILES string of the molecule is COc1cc2c3[nH][nH]c(Nc4cccc(F)c4)c-3cc2cc1OCCCNC(=O)CCSSCCNC(=O)CCCCC1SCC2NC(=O)NC21. The Hall–Kier alpha value is -3.89. The van der Waals surface area contributed by atoms with E-state index in [0.717, 1.165) is 58.6 Å². The molecule has 274 valence electrons. The lowest BCUT2D eigenvalue weighted by Gasteiger charge is -2.16. The summed E-state index contributed by atoms with van der Waals surface area (Å²) in [6.07, 6.45) is 4.42. The molecule has 3 heterocycles. The number of hydrogen-bond donors (Lipinski definition) is 7. The van der Waals surface area contributed by atoms with Crippen LogP contribution in [0.4, 0.5) is 20.7 Å². The van der Waals surface area contributed by atoms with Gasteiger partial charge in [-0.05, 0) is 61.0 Å². The Morgan fingerprint density at radius 2 is 1.80 bits per heavy atom. The van der Waals surface area contributed by atoms with E-state index in [-0.39, 0.29) is 35.7 Å². The summed E-state index contributed by atoms with van der Waals surface area (Å²) in [5.41, 5.74) is 2.46. The monoisotopic (exact) mass is 757 g/mol. The Kier molecular flexibility index (Phi) is 13.1. The number of nitrogens with one attached hydrogen (secondary N) is 7. The van der Waals surface area contributed by atoms with E-state index < -0.39 is 0 Å². The minimum absolute atomic E-state index is 0.000169. The summed E-state index contributed by atoms with van der Waals surface area (Å²) in [6, 6.07) is 12.6. The van der Waals surface area contributed by atoms with Gasteiger partial charge in [-0.25, -0.2) is 9.18 Å². The molecule has 0 radical (unpaired) electrons. The van der Waals surface area contributed by atoms with E-state index in [2.05, 4.69) is 36.8 Å². The molecule has 7 N–H and O–H groups in total. The minimum Gasteiger partial charge on any atom is -0.493 e. The van der Waals surface area contributed by atoms with Gasteiger partial charge in [0.05, 0.1) is 31.5 Å².